The Bertz CT molecular complexity index is 298. The zero-order valence-electron chi connectivity index (χ0n) is 12.3. The second kappa shape index (κ2) is 7.20. The number of alkyl halides is 6. The Morgan fingerprint density at radius 1 is 1.00 bits per heavy atom. The summed E-state index contributed by atoms with van der Waals surface area (Å²) in [6, 6.07) is -1.58. The summed E-state index contributed by atoms with van der Waals surface area (Å²) < 4.78 is 77.8. The molecule has 1 N–H and O–H groups in total. The van der Waals surface area contributed by atoms with Crippen molar-refractivity contribution in [1.82, 2.24) is 5.32 Å². The van der Waals surface area contributed by atoms with Crippen LogP contribution in [0.5, 0.6) is 0 Å². The lowest BCUT2D eigenvalue weighted by Crippen LogP contribution is -2.55. The minimum atomic E-state index is -5.27. The van der Waals surface area contributed by atoms with Gasteiger partial charge in [0.15, 0.2) is 5.92 Å². The van der Waals surface area contributed by atoms with Crippen LogP contribution in [0.2, 0.25) is 0 Å². The SMILES string of the molecule is CCNC(C1CCCC(CC)C1)C(C(F)(F)F)C(F)(F)F. The Morgan fingerprint density at radius 3 is 2.00 bits per heavy atom. The van der Waals surface area contributed by atoms with E-state index in [0.29, 0.717) is 19.3 Å². The van der Waals surface area contributed by atoms with Crippen molar-refractivity contribution in [1.29, 1.82) is 0 Å². The molecule has 1 aliphatic carbocycles. The van der Waals surface area contributed by atoms with E-state index in [1.165, 1.54) is 6.92 Å². The fourth-order valence-electron chi connectivity index (χ4n) is 3.41. The highest BCUT2D eigenvalue weighted by Crippen LogP contribution is 2.46. The standard InChI is InChI=1S/C14H23F6N/c1-3-9-6-5-7-10(8-9)11(21-4-2)12(13(15,16)17)14(18,19)20/h9-12,21H,3-8H2,1-2H3. The molecule has 0 saturated heterocycles. The number of hydrogen-bond donors (Lipinski definition) is 1. The fourth-order valence-corrected chi connectivity index (χ4v) is 3.41. The molecule has 126 valence electrons. The number of nitrogens with one attached hydrogen (secondary N) is 1. The van der Waals surface area contributed by atoms with Crippen LogP contribution in [0.25, 0.3) is 0 Å². The zero-order valence-corrected chi connectivity index (χ0v) is 12.3. The van der Waals surface area contributed by atoms with Crippen molar-refractivity contribution in [3.05, 3.63) is 0 Å². The number of hydrogen-bond acceptors (Lipinski definition) is 1. The molecule has 0 amide bonds. The highest BCUT2D eigenvalue weighted by molar-refractivity contribution is 4.93. The first-order valence-electron chi connectivity index (χ1n) is 7.48. The topological polar surface area (TPSA) is 12.0 Å². The van der Waals surface area contributed by atoms with E-state index in [1.807, 2.05) is 6.92 Å². The second-order valence-electron chi connectivity index (χ2n) is 5.85. The summed E-state index contributed by atoms with van der Waals surface area (Å²) in [5.74, 6) is -3.63. The highest BCUT2D eigenvalue weighted by Gasteiger charge is 2.61. The van der Waals surface area contributed by atoms with Gasteiger partial charge in [-0.2, -0.15) is 26.3 Å². The van der Waals surface area contributed by atoms with Crippen LogP contribution < -0.4 is 5.32 Å². The van der Waals surface area contributed by atoms with Gasteiger partial charge in [-0.25, -0.2) is 0 Å². The third kappa shape index (κ3) is 5.04. The first-order valence-corrected chi connectivity index (χ1v) is 7.48. The summed E-state index contributed by atoms with van der Waals surface area (Å²) in [5.41, 5.74) is 0. The molecule has 0 heterocycles. The van der Waals surface area contributed by atoms with Crippen molar-refractivity contribution >= 4 is 0 Å². The van der Waals surface area contributed by atoms with Gasteiger partial charge in [0.25, 0.3) is 0 Å². The summed E-state index contributed by atoms with van der Waals surface area (Å²) in [4.78, 5) is 0. The van der Waals surface area contributed by atoms with Gasteiger partial charge in [-0.1, -0.05) is 33.1 Å². The molecule has 1 nitrogen and oxygen atoms in total. The average molecular weight is 319 g/mol. The van der Waals surface area contributed by atoms with Gasteiger partial charge in [-0.15, -0.1) is 0 Å². The lowest BCUT2D eigenvalue weighted by atomic mass is 9.73. The molecule has 1 fully saturated rings. The summed E-state index contributed by atoms with van der Waals surface area (Å²) in [6.07, 6.45) is -7.28. The summed E-state index contributed by atoms with van der Waals surface area (Å²) in [5, 5.41) is 2.47. The molecule has 7 heteroatoms. The van der Waals surface area contributed by atoms with Crippen LogP contribution in [0.4, 0.5) is 26.3 Å². The van der Waals surface area contributed by atoms with Crippen molar-refractivity contribution < 1.29 is 26.3 Å². The zero-order chi connectivity index (χ0) is 16.3. The Morgan fingerprint density at radius 2 is 1.57 bits per heavy atom. The lowest BCUT2D eigenvalue weighted by molar-refractivity contribution is -0.295. The van der Waals surface area contributed by atoms with Crippen LogP contribution in [-0.4, -0.2) is 24.9 Å². The van der Waals surface area contributed by atoms with Gasteiger partial charge < -0.3 is 5.32 Å². The van der Waals surface area contributed by atoms with Crippen LogP contribution in [0.3, 0.4) is 0 Å². The molecular formula is C14H23F6N. The molecule has 0 aliphatic heterocycles. The van der Waals surface area contributed by atoms with Crippen LogP contribution in [-0.2, 0) is 0 Å². The molecule has 0 aromatic heterocycles. The Hall–Kier alpha value is -0.460. The van der Waals surface area contributed by atoms with Crippen LogP contribution >= 0.6 is 0 Å². The second-order valence-corrected chi connectivity index (χ2v) is 5.85. The van der Waals surface area contributed by atoms with E-state index >= 15 is 0 Å². The van der Waals surface area contributed by atoms with Crippen molar-refractivity contribution in [2.75, 3.05) is 6.54 Å². The molecule has 0 radical (unpaired) electrons. The van der Waals surface area contributed by atoms with Crippen molar-refractivity contribution in [3.8, 4) is 0 Å². The van der Waals surface area contributed by atoms with Gasteiger partial charge in [0.1, 0.15) is 0 Å². The Labute approximate surface area is 121 Å². The molecule has 0 aromatic carbocycles. The van der Waals surface area contributed by atoms with E-state index in [2.05, 4.69) is 5.32 Å². The summed E-state index contributed by atoms with van der Waals surface area (Å²) in [7, 11) is 0. The maximum absolute atomic E-state index is 13.0. The maximum atomic E-state index is 13.0. The molecule has 0 spiro atoms. The molecule has 3 atom stereocenters. The van der Waals surface area contributed by atoms with Crippen LogP contribution in [0, 0.1) is 17.8 Å². The maximum Gasteiger partial charge on any atom is 0.402 e. The van der Waals surface area contributed by atoms with E-state index in [0.717, 1.165) is 12.8 Å². The van der Waals surface area contributed by atoms with Gasteiger partial charge in [-0.3, -0.25) is 0 Å². The third-order valence-electron chi connectivity index (χ3n) is 4.41. The molecule has 0 aromatic rings. The average Bonchev–Trinajstić information content (AvgIpc) is 2.35. The van der Waals surface area contributed by atoms with Gasteiger partial charge >= 0.3 is 12.4 Å². The molecule has 3 unspecified atom stereocenters. The van der Waals surface area contributed by atoms with Crippen LogP contribution in [0.15, 0.2) is 0 Å². The molecule has 1 rings (SSSR count). The molecule has 0 bridgehead atoms. The molecular weight excluding hydrogens is 296 g/mol. The molecule has 1 saturated carbocycles. The van der Waals surface area contributed by atoms with E-state index < -0.39 is 30.2 Å². The van der Waals surface area contributed by atoms with Gasteiger partial charge in [0, 0.05) is 6.04 Å². The first-order chi connectivity index (χ1) is 9.61. The summed E-state index contributed by atoms with van der Waals surface area (Å²) >= 11 is 0. The van der Waals surface area contributed by atoms with E-state index in [-0.39, 0.29) is 12.5 Å². The first kappa shape index (κ1) is 18.6. The summed E-state index contributed by atoms with van der Waals surface area (Å²) in [6.45, 7) is 3.57. The third-order valence-corrected chi connectivity index (χ3v) is 4.41. The van der Waals surface area contributed by atoms with Crippen molar-refractivity contribution in [2.24, 2.45) is 17.8 Å². The Kier molecular flexibility index (Phi) is 6.37. The van der Waals surface area contributed by atoms with Gasteiger partial charge in [-0.05, 0) is 31.2 Å². The lowest BCUT2D eigenvalue weighted by Gasteiger charge is -2.40. The van der Waals surface area contributed by atoms with E-state index in [1.54, 1.807) is 0 Å². The quantitative estimate of drug-likeness (QED) is 0.709. The minimum absolute atomic E-state index is 0.0978. The van der Waals surface area contributed by atoms with E-state index in [4.69, 9.17) is 0 Å². The Balaban J connectivity index is 3.01. The molecule has 21 heavy (non-hydrogen) atoms. The smallest absolute Gasteiger partial charge is 0.313 e. The highest BCUT2D eigenvalue weighted by atomic mass is 19.4. The van der Waals surface area contributed by atoms with Crippen LogP contribution in [0.1, 0.15) is 46.0 Å². The molecule has 1 aliphatic rings. The predicted molar refractivity (Wildman–Crippen MR) is 68.8 cm³/mol. The van der Waals surface area contributed by atoms with E-state index in [9.17, 15) is 26.3 Å². The van der Waals surface area contributed by atoms with Gasteiger partial charge in [0.05, 0.1) is 0 Å². The van der Waals surface area contributed by atoms with Gasteiger partial charge in [0.2, 0.25) is 0 Å². The monoisotopic (exact) mass is 319 g/mol. The van der Waals surface area contributed by atoms with Crippen molar-refractivity contribution in [3.63, 3.8) is 0 Å². The number of halogens is 6. The fraction of sp³-hybridized carbons (Fsp3) is 1.00. The normalized spacial score (nSPS) is 26.1. The minimum Gasteiger partial charge on any atom is -0.313 e. The van der Waals surface area contributed by atoms with Crippen molar-refractivity contribution in [2.45, 2.75) is 64.3 Å². The largest absolute Gasteiger partial charge is 0.402 e. The number of rotatable bonds is 5. The predicted octanol–water partition coefficient (Wildman–Crippen LogP) is 4.92.